The van der Waals surface area contributed by atoms with Crippen molar-refractivity contribution in [3.8, 4) is 17.2 Å². The molecular formula is C25H34Cl2N2O4. The molecule has 8 heteroatoms. The normalized spacial score (nSPS) is 20.2. The lowest BCUT2D eigenvalue weighted by Gasteiger charge is -2.34. The number of hydrogen-bond acceptors (Lipinski definition) is 6. The predicted molar refractivity (Wildman–Crippen MR) is 134 cm³/mol. The van der Waals surface area contributed by atoms with Gasteiger partial charge in [-0.2, -0.15) is 0 Å². The molecule has 0 spiro atoms. The molecule has 2 aromatic carbocycles. The Kier molecular flexibility index (Phi) is 10.3. The van der Waals surface area contributed by atoms with Crippen LogP contribution >= 0.6 is 24.8 Å². The Hall–Kier alpha value is -1.99. The van der Waals surface area contributed by atoms with Crippen LogP contribution in [0, 0.1) is 5.92 Å². The van der Waals surface area contributed by atoms with Crippen LogP contribution in [0.4, 0.5) is 0 Å². The summed E-state index contributed by atoms with van der Waals surface area (Å²) < 4.78 is 17.1. The Morgan fingerprint density at radius 3 is 2.18 bits per heavy atom. The van der Waals surface area contributed by atoms with E-state index >= 15 is 0 Å². The van der Waals surface area contributed by atoms with Crippen LogP contribution in [-0.4, -0.2) is 62.7 Å². The maximum atomic E-state index is 13.0. The minimum absolute atomic E-state index is 0. The van der Waals surface area contributed by atoms with Crippen LogP contribution in [0.1, 0.15) is 30.4 Å². The van der Waals surface area contributed by atoms with Gasteiger partial charge in [0.25, 0.3) is 0 Å². The number of nitrogens with zero attached hydrogens (tertiary/aromatic N) is 2. The van der Waals surface area contributed by atoms with Gasteiger partial charge in [0.15, 0.2) is 11.5 Å². The highest BCUT2D eigenvalue weighted by Crippen LogP contribution is 2.49. The molecule has 1 saturated heterocycles. The Labute approximate surface area is 209 Å². The third-order valence-electron chi connectivity index (χ3n) is 6.41. The maximum absolute atomic E-state index is 13.0. The number of likely N-dealkylation sites (N-methyl/N-ethyl adjacent to an activating group) is 1. The summed E-state index contributed by atoms with van der Waals surface area (Å²) in [6, 6.07) is 14.0. The van der Waals surface area contributed by atoms with Crippen molar-refractivity contribution in [1.29, 1.82) is 0 Å². The number of ether oxygens (including phenoxy) is 3. The average molecular weight is 497 g/mol. The van der Waals surface area contributed by atoms with Crippen molar-refractivity contribution in [3.63, 3.8) is 0 Å². The van der Waals surface area contributed by atoms with Gasteiger partial charge in [-0.05, 0) is 30.5 Å². The molecule has 33 heavy (non-hydrogen) atoms. The minimum Gasteiger partial charge on any atom is -0.493 e. The van der Waals surface area contributed by atoms with E-state index < -0.39 is 0 Å². The number of esters is 1. The lowest BCUT2D eigenvalue weighted by atomic mass is 10.1. The van der Waals surface area contributed by atoms with Crippen molar-refractivity contribution < 1.29 is 19.0 Å². The van der Waals surface area contributed by atoms with Crippen molar-refractivity contribution in [2.75, 3.05) is 46.9 Å². The molecule has 1 aliphatic heterocycles. The van der Waals surface area contributed by atoms with Crippen LogP contribution < -0.4 is 14.2 Å². The van der Waals surface area contributed by atoms with Crippen LogP contribution in [0.2, 0.25) is 0 Å². The molecule has 1 heterocycles. The van der Waals surface area contributed by atoms with Gasteiger partial charge in [0.05, 0.1) is 20.1 Å². The van der Waals surface area contributed by atoms with Gasteiger partial charge in [-0.3, -0.25) is 9.69 Å². The SMILES string of the molecule is CCN1CCN(Cc2ccc(OC)c(OC)c2OC(=O)[C@@H]2C[C@H]2c2ccccc2)CC1.Cl.Cl. The number of benzene rings is 2. The lowest BCUT2D eigenvalue weighted by Crippen LogP contribution is -2.45. The summed E-state index contributed by atoms with van der Waals surface area (Å²) in [5.41, 5.74) is 2.14. The average Bonchev–Trinajstić information content (AvgIpc) is 3.62. The van der Waals surface area contributed by atoms with Gasteiger partial charge < -0.3 is 19.1 Å². The molecule has 6 nitrogen and oxygen atoms in total. The summed E-state index contributed by atoms with van der Waals surface area (Å²) in [5.74, 6) is 1.47. The van der Waals surface area contributed by atoms with Gasteiger partial charge in [-0.1, -0.05) is 43.3 Å². The second kappa shape index (κ2) is 12.5. The van der Waals surface area contributed by atoms with Gasteiger partial charge in [0.2, 0.25) is 5.75 Å². The number of piperazine rings is 1. The first-order valence-corrected chi connectivity index (χ1v) is 11.1. The zero-order valence-electron chi connectivity index (χ0n) is 19.5. The number of carbonyl (C=O) groups excluding carboxylic acids is 1. The van der Waals surface area contributed by atoms with E-state index in [0.717, 1.165) is 44.7 Å². The maximum Gasteiger partial charge on any atom is 0.315 e. The van der Waals surface area contributed by atoms with E-state index in [-0.39, 0.29) is 42.6 Å². The monoisotopic (exact) mass is 496 g/mol. The molecule has 2 atom stereocenters. The molecule has 0 radical (unpaired) electrons. The van der Waals surface area contributed by atoms with Crippen molar-refractivity contribution in [3.05, 3.63) is 53.6 Å². The molecule has 1 saturated carbocycles. The van der Waals surface area contributed by atoms with Crippen LogP contribution in [-0.2, 0) is 11.3 Å². The minimum atomic E-state index is -0.197. The largest absolute Gasteiger partial charge is 0.493 e. The van der Waals surface area contributed by atoms with E-state index in [2.05, 4.69) is 28.9 Å². The molecule has 0 bridgehead atoms. The zero-order chi connectivity index (χ0) is 21.8. The Balaban J connectivity index is 0.00000193. The molecule has 2 aliphatic rings. The topological polar surface area (TPSA) is 51.2 Å². The molecule has 182 valence electrons. The third-order valence-corrected chi connectivity index (χ3v) is 6.41. The number of rotatable bonds is 8. The number of hydrogen-bond donors (Lipinski definition) is 0. The summed E-state index contributed by atoms with van der Waals surface area (Å²) in [7, 11) is 3.18. The first kappa shape index (κ1) is 27.3. The molecule has 0 aromatic heterocycles. The second-order valence-corrected chi connectivity index (χ2v) is 8.28. The molecule has 0 amide bonds. The van der Waals surface area contributed by atoms with Crippen molar-refractivity contribution in [2.24, 2.45) is 5.92 Å². The van der Waals surface area contributed by atoms with E-state index in [1.54, 1.807) is 14.2 Å². The molecule has 0 N–H and O–H groups in total. The number of halogens is 2. The summed E-state index contributed by atoms with van der Waals surface area (Å²) in [5, 5.41) is 0. The van der Waals surface area contributed by atoms with Crippen molar-refractivity contribution in [2.45, 2.75) is 25.8 Å². The zero-order valence-corrected chi connectivity index (χ0v) is 21.1. The summed E-state index contributed by atoms with van der Waals surface area (Å²) >= 11 is 0. The molecule has 1 aliphatic carbocycles. The van der Waals surface area contributed by atoms with E-state index in [1.807, 2.05) is 30.3 Å². The summed E-state index contributed by atoms with van der Waals surface area (Å²) in [6.45, 7) is 8.09. The smallest absolute Gasteiger partial charge is 0.315 e. The van der Waals surface area contributed by atoms with Crippen LogP contribution in [0.5, 0.6) is 17.2 Å². The highest BCUT2D eigenvalue weighted by Gasteiger charge is 2.45. The fourth-order valence-electron chi connectivity index (χ4n) is 4.38. The Morgan fingerprint density at radius 2 is 1.58 bits per heavy atom. The molecule has 2 fully saturated rings. The third kappa shape index (κ3) is 6.33. The standard InChI is InChI=1S/C25H32N2O4.2ClH/c1-4-26-12-14-27(15-13-26)17-19-10-11-22(29-2)24(30-3)23(19)31-25(28)21-16-20(21)18-8-6-5-7-9-18;;/h5-11,20-21H,4,12-17H2,1-3H3;2*1H/t20-,21+;;/m0../s1. The quantitative estimate of drug-likeness (QED) is 0.398. The van der Waals surface area contributed by atoms with E-state index in [0.29, 0.717) is 23.8 Å². The van der Waals surface area contributed by atoms with Gasteiger partial charge in [0, 0.05) is 38.3 Å². The molecule has 2 aromatic rings. The van der Waals surface area contributed by atoms with Crippen LogP contribution in [0.25, 0.3) is 0 Å². The number of carbonyl (C=O) groups is 1. The molecule has 4 rings (SSSR count). The van der Waals surface area contributed by atoms with Gasteiger partial charge >= 0.3 is 5.97 Å². The van der Waals surface area contributed by atoms with Crippen molar-refractivity contribution in [1.82, 2.24) is 9.80 Å². The number of methoxy groups -OCH3 is 2. The van der Waals surface area contributed by atoms with Crippen LogP contribution in [0.3, 0.4) is 0 Å². The highest BCUT2D eigenvalue weighted by atomic mass is 35.5. The van der Waals surface area contributed by atoms with E-state index in [1.165, 1.54) is 5.56 Å². The Morgan fingerprint density at radius 1 is 0.909 bits per heavy atom. The predicted octanol–water partition coefficient (Wildman–Crippen LogP) is 4.39. The van der Waals surface area contributed by atoms with Gasteiger partial charge in [-0.25, -0.2) is 0 Å². The Bertz CT molecular complexity index is 905. The first-order valence-electron chi connectivity index (χ1n) is 11.1. The fraction of sp³-hybridized carbons (Fsp3) is 0.480. The first-order chi connectivity index (χ1) is 15.1. The van der Waals surface area contributed by atoms with Crippen LogP contribution in [0.15, 0.2) is 42.5 Å². The second-order valence-electron chi connectivity index (χ2n) is 8.28. The lowest BCUT2D eigenvalue weighted by molar-refractivity contribution is -0.136. The van der Waals surface area contributed by atoms with E-state index in [9.17, 15) is 4.79 Å². The van der Waals surface area contributed by atoms with Crippen molar-refractivity contribution >= 4 is 30.8 Å². The summed E-state index contributed by atoms with van der Waals surface area (Å²) in [4.78, 5) is 17.9. The van der Waals surface area contributed by atoms with E-state index in [4.69, 9.17) is 14.2 Å². The van der Waals surface area contributed by atoms with Gasteiger partial charge in [0.1, 0.15) is 0 Å². The molecule has 0 unspecified atom stereocenters. The fourth-order valence-corrected chi connectivity index (χ4v) is 4.38. The van der Waals surface area contributed by atoms with Gasteiger partial charge in [-0.15, -0.1) is 24.8 Å². The highest BCUT2D eigenvalue weighted by molar-refractivity contribution is 5.85. The molecular weight excluding hydrogens is 463 g/mol. The summed E-state index contributed by atoms with van der Waals surface area (Å²) in [6.07, 6.45) is 0.823.